The van der Waals surface area contributed by atoms with Gasteiger partial charge in [-0.15, -0.1) is 0 Å². The second-order valence-electron chi connectivity index (χ2n) is 13.0. The number of ketones is 3. The molecule has 0 N–H and O–H groups in total. The van der Waals surface area contributed by atoms with Crippen molar-refractivity contribution in [2.75, 3.05) is 0 Å². The summed E-state index contributed by atoms with van der Waals surface area (Å²) < 4.78 is 0. The summed E-state index contributed by atoms with van der Waals surface area (Å²) in [5.74, 6) is 3.01. The summed E-state index contributed by atoms with van der Waals surface area (Å²) in [5, 5.41) is 0. The van der Waals surface area contributed by atoms with E-state index in [-0.39, 0.29) is 12.8 Å². The Morgan fingerprint density at radius 2 is 0.838 bits per heavy atom. The van der Waals surface area contributed by atoms with Crippen molar-refractivity contribution in [3.8, 4) is 0 Å². The molecule has 0 amide bonds. The van der Waals surface area contributed by atoms with Crippen LogP contribution in [0.4, 0.5) is 0 Å². The molecule has 3 rings (SSSR count). The van der Waals surface area contributed by atoms with Crippen molar-refractivity contribution in [2.24, 2.45) is 34.0 Å². The summed E-state index contributed by atoms with van der Waals surface area (Å²) in [4.78, 5) is 33.0. The van der Waals surface area contributed by atoms with Crippen LogP contribution in [0.1, 0.15) is 169 Å². The van der Waals surface area contributed by atoms with Crippen LogP contribution >= 0.6 is 0 Å². The van der Waals surface area contributed by atoms with Crippen molar-refractivity contribution in [3.63, 3.8) is 0 Å². The lowest BCUT2D eigenvalue weighted by molar-refractivity contribution is -0.123. The molecular weight excluding hydrogens is 456 g/mol. The fraction of sp³-hybridized carbons (Fsp3) is 0.912. The molecule has 0 bridgehead atoms. The van der Waals surface area contributed by atoms with Crippen molar-refractivity contribution in [2.45, 2.75) is 169 Å². The normalized spacial score (nSPS) is 22.8. The molecule has 0 saturated heterocycles. The Balaban J connectivity index is -0.000000197. The lowest BCUT2D eigenvalue weighted by Gasteiger charge is -2.25. The highest BCUT2D eigenvalue weighted by atomic mass is 16.1. The molecule has 0 radical (unpaired) electrons. The minimum atomic E-state index is 0. The standard InChI is InChI=1S/3C9H16O.3C2H6.CH4/c2*1-9(2,3)7-4-5-8(10)6-7;1-9(2,3)7-5-4-6-8(7)10;3*1-2;/h3*7H,4-6H2,1-3H3;3*1-2H3;1H4. The maximum Gasteiger partial charge on any atom is 0.136 e. The molecule has 0 heterocycles. The number of carbonyl (C=O) groups is 3. The van der Waals surface area contributed by atoms with E-state index in [0.717, 1.165) is 57.8 Å². The molecule has 3 heteroatoms. The van der Waals surface area contributed by atoms with Crippen molar-refractivity contribution >= 4 is 17.3 Å². The number of hydrogen-bond donors (Lipinski definition) is 0. The summed E-state index contributed by atoms with van der Waals surface area (Å²) in [6.07, 6.45) is 8.56. The maximum atomic E-state index is 11.2. The molecule has 0 aromatic heterocycles. The fourth-order valence-corrected chi connectivity index (χ4v) is 4.84. The number of hydrogen-bond acceptors (Lipinski definition) is 3. The summed E-state index contributed by atoms with van der Waals surface area (Å²) >= 11 is 0. The molecule has 3 saturated carbocycles. The van der Waals surface area contributed by atoms with Gasteiger partial charge in [-0.1, -0.05) is 111 Å². The van der Waals surface area contributed by atoms with Crippen LogP contribution in [0.15, 0.2) is 0 Å². The zero-order chi connectivity index (χ0) is 29.3. The second-order valence-corrected chi connectivity index (χ2v) is 13.0. The van der Waals surface area contributed by atoms with Gasteiger partial charge < -0.3 is 0 Å². The average molecular weight is 527 g/mol. The summed E-state index contributed by atoms with van der Waals surface area (Å²) in [6, 6.07) is 0. The van der Waals surface area contributed by atoms with Crippen LogP contribution in [0.3, 0.4) is 0 Å². The van der Waals surface area contributed by atoms with E-state index in [9.17, 15) is 14.4 Å². The van der Waals surface area contributed by atoms with Gasteiger partial charge in [-0.25, -0.2) is 0 Å². The molecule has 0 aliphatic heterocycles. The highest BCUT2D eigenvalue weighted by molar-refractivity contribution is 5.83. The van der Waals surface area contributed by atoms with Crippen LogP contribution in [0.5, 0.6) is 0 Å². The van der Waals surface area contributed by atoms with Gasteiger partial charge in [-0.3, -0.25) is 14.4 Å². The summed E-state index contributed by atoms with van der Waals surface area (Å²) in [7, 11) is 0. The van der Waals surface area contributed by atoms with Gasteiger partial charge in [0.1, 0.15) is 17.3 Å². The fourth-order valence-electron chi connectivity index (χ4n) is 4.84. The monoisotopic (exact) mass is 527 g/mol. The number of rotatable bonds is 0. The Kier molecular flexibility index (Phi) is 24.3. The molecule has 0 aromatic carbocycles. The smallest absolute Gasteiger partial charge is 0.136 e. The zero-order valence-corrected chi connectivity index (χ0v) is 27.3. The highest BCUT2D eigenvalue weighted by Crippen LogP contribution is 2.38. The quantitative estimate of drug-likeness (QED) is 0.315. The van der Waals surface area contributed by atoms with Gasteiger partial charge in [0, 0.05) is 38.0 Å². The van der Waals surface area contributed by atoms with Crippen molar-refractivity contribution in [1.29, 1.82) is 0 Å². The Hall–Kier alpha value is -0.990. The Morgan fingerprint density at radius 3 is 0.946 bits per heavy atom. The molecule has 3 aliphatic rings. The van der Waals surface area contributed by atoms with Crippen LogP contribution in [0, 0.1) is 34.0 Å². The minimum Gasteiger partial charge on any atom is -0.300 e. The van der Waals surface area contributed by atoms with E-state index >= 15 is 0 Å². The third-order valence-electron chi connectivity index (χ3n) is 7.29. The second kappa shape index (κ2) is 20.9. The Morgan fingerprint density at radius 1 is 0.514 bits per heavy atom. The lowest BCUT2D eigenvalue weighted by atomic mass is 9.79. The van der Waals surface area contributed by atoms with Crippen molar-refractivity contribution in [1.82, 2.24) is 0 Å². The molecule has 3 atom stereocenters. The Bertz CT molecular complexity index is 560. The van der Waals surface area contributed by atoms with Crippen LogP contribution < -0.4 is 0 Å². The molecule has 224 valence electrons. The molecule has 37 heavy (non-hydrogen) atoms. The van der Waals surface area contributed by atoms with Gasteiger partial charge in [0.05, 0.1) is 0 Å². The van der Waals surface area contributed by atoms with Gasteiger partial charge in [0.25, 0.3) is 0 Å². The minimum absolute atomic E-state index is 0. The number of Topliss-reactive ketones (excluding diaryl/α,β-unsaturated/α-hetero) is 3. The van der Waals surface area contributed by atoms with E-state index in [1.54, 1.807) is 0 Å². The first kappa shape index (κ1) is 43.1. The molecule has 0 aromatic rings. The first-order chi connectivity index (χ1) is 16.5. The Labute approximate surface area is 234 Å². The highest BCUT2D eigenvalue weighted by Gasteiger charge is 2.34. The molecule has 3 aliphatic carbocycles. The molecule has 0 spiro atoms. The van der Waals surface area contributed by atoms with Gasteiger partial charge in [-0.2, -0.15) is 0 Å². The average Bonchev–Trinajstić information content (AvgIpc) is 3.53. The van der Waals surface area contributed by atoms with Crippen LogP contribution in [0.2, 0.25) is 0 Å². The van der Waals surface area contributed by atoms with Crippen molar-refractivity contribution < 1.29 is 14.4 Å². The first-order valence-electron chi connectivity index (χ1n) is 15.1. The lowest BCUT2D eigenvalue weighted by Crippen LogP contribution is -2.23. The van der Waals surface area contributed by atoms with Crippen LogP contribution in [-0.2, 0) is 14.4 Å². The van der Waals surface area contributed by atoms with E-state index in [1.807, 2.05) is 41.5 Å². The zero-order valence-electron chi connectivity index (χ0n) is 27.3. The molecule has 3 fully saturated rings. The third-order valence-corrected chi connectivity index (χ3v) is 7.29. The SMILES string of the molecule is C.CC.CC.CC.CC(C)(C)C1CCC(=O)C1.CC(C)(C)C1CCC(=O)C1.CC(C)(C)C1CCCC1=O. The predicted octanol–water partition coefficient (Wildman–Crippen LogP) is 10.9. The van der Waals surface area contributed by atoms with Gasteiger partial charge in [-0.05, 0) is 53.8 Å². The van der Waals surface area contributed by atoms with Gasteiger partial charge in [0.15, 0.2) is 0 Å². The first-order valence-corrected chi connectivity index (χ1v) is 15.1. The number of carbonyl (C=O) groups excluding carboxylic acids is 3. The van der Waals surface area contributed by atoms with E-state index in [1.165, 1.54) is 0 Å². The van der Waals surface area contributed by atoms with E-state index in [4.69, 9.17) is 0 Å². The summed E-state index contributed by atoms with van der Waals surface area (Å²) in [6.45, 7) is 31.8. The summed E-state index contributed by atoms with van der Waals surface area (Å²) in [5.41, 5.74) is 0.881. The molecule has 3 unspecified atom stereocenters. The topological polar surface area (TPSA) is 51.2 Å². The van der Waals surface area contributed by atoms with E-state index in [0.29, 0.717) is 45.9 Å². The van der Waals surface area contributed by atoms with Crippen molar-refractivity contribution in [3.05, 3.63) is 0 Å². The predicted molar refractivity (Wildman–Crippen MR) is 166 cm³/mol. The van der Waals surface area contributed by atoms with Crippen LogP contribution in [0.25, 0.3) is 0 Å². The van der Waals surface area contributed by atoms with Gasteiger partial charge in [0.2, 0.25) is 0 Å². The third kappa shape index (κ3) is 18.8. The van der Waals surface area contributed by atoms with E-state index in [2.05, 4.69) is 62.3 Å². The maximum absolute atomic E-state index is 11.2. The van der Waals surface area contributed by atoms with Crippen LogP contribution in [-0.4, -0.2) is 17.3 Å². The molecule has 3 nitrogen and oxygen atoms in total. The molecular formula is C34H70O3. The largest absolute Gasteiger partial charge is 0.300 e. The van der Waals surface area contributed by atoms with Gasteiger partial charge >= 0.3 is 0 Å². The van der Waals surface area contributed by atoms with E-state index < -0.39 is 0 Å².